The molecule has 2 heterocycles. The van der Waals surface area contributed by atoms with Crippen molar-refractivity contribution < 1.29 is 23.5 Å². The smallest absolute Gasteiger partial charge is 0.379 e. The predicted molar refractivity (Wildman–Crippen MR) is 126 cm³/mol. The van der Waals surface area contributed by atoms with Gasteiger partial charge in [0.25, 0.3) is 0 Å². The fourth-order valence-corrected chi connectivity index (χ4v) is 3.75. The number of ether oxygens (including phenoxy) is 2. The highest BCUT2D eigenvalue weighted by Gasteiger charge is 2.30. The lowest BCUT2D eigenvalue weighted by atomic mass is 10.1. The van der Waals surface area contributed by atoms with E-state index < -0.39 is 5.97 Å². The molecule has 0 radical (unpaired) electrons. The van der Waals surface area contributed by atoms with E-state index in [-0.39, 0.29) is 23.1 Å². The Morgan fingerprint density at radius 2 is 1.85 bits per heavy atom. The SMILES string of the molecule is Cc1c(OC(=O)c2cc3cc(Cl)ccc3o2)ccc2c1O/C(=C\C=C\c1ccccc1)C2=O. The molecule has 1 aliphatic heterocycles. The van der Waals surface area contributed by atoms with E-state index in [0.29, 0.717) is 32.9 Å². The van der Waals surface area contributed by atoms with E-state index in [2.05, 4.69) is 0 Å². The number of halogens is 1. The second-order valence-corrected chi connectivity index (χ2v) is 7.92. The lowest BCUT2D eigenvalue weighted by Gasteiger charge is -2.09. The number of furan rings is 1. The summed E-state index contributed by atoms with van der Waals surface area (Å²) in [4.78, 5) is 25.4. The number of esters is 1. The van der Waals surface area contributed by atoms with E-state index in [4.69, 9.17) is 25.5 Å². The molecule has 0 unspecified atom stereocenters. The molecule has 1 aromatic heterocycles. The zero-order valence-electron chi connectivity index (χ0n) is 17.5. The minimum Gasteiger partial charge on any atom is -0.452 e. The average Bonchev–Trinajstić information content (AvgIpc) is 3.38. The Hall–Kier alpha value is -4.09. The maximum atomic E-state index is 12.7. The summed E-state index contributed by atoms with van der Waals surface area (Å²) in [5.41, 5.74) is 2.51. The van der Waals surface area contributed by atoms with E-state index >= 15 is 0 Å². The molecule has 3 aromatic carbocycles. The first-order chi connectivity index (χ1) is 16.0. The fraction of sp³-hybridized carbons (Fsp3) is 0.0370. The summed E-state index contributed by atoms with van der Waals surface area (Å²) < 4.78 is 16.9. The van der Waals surface area contributed by atoms with E-state index in [9.17, 15) is 9.59 Å². The van der Waals surface area contributed by atoms with Gasteiger partial charge in [-0.1, -0.05) is 54.1 Å². The number of rotatable bonds is 4. The van der Waals surface area contributed by atoms with E-state index in [1.54, 1.807) is 55.5 Å². The molecule has 6 heteroatoms. The van der Waals surface area contributed by atoms with Crippen LogP contribution in [0.5, 0.6) is 11.5 Å². The van der Waals surface area contributed by atoms with Crippen molar-refractivity contribution in [1.29, 1.82) is 0 Å². The third-order valence-corrected chi connectivity index (χ3v) is 5.49. The topological polar surface area (TPSA) is 65.7 Å². The molecule has 5 rings (SSSR count). The highest BCUT2D eigenvalue weighted by Crippen LogP contribution is 2.39. The van der Waals surface area contributed by atoms with Crippen molar-refractivity contribution in [3.63, 3.8) is 0 Å². The molecule has 0 atom stereocenters. The second-order valence-electron chi connectivity index (χ2n) is 7.48. The van der Waals surface area contributed by atoms with Crippen LogP contribution in [0.25, 0.3) is 17.0 Å². The van der Waals surface area contributed by atoms with Crippen LogP contribution in [0.15, 0.2) is 89.1 Å². The Labute approximate surface area is 194 Å². The summed E-state index contributed by atoms with van der Waals surface area (Å²) in [6, 6.07) is 19.6. The summed E-state index contributed by atoms with van der Waals surface area (Å²) in [6.07, 6.45) is 5.27. The molecule has 33 heavy (non-hydrogen) atoms. The van der Waals surface area contributed by atoms with Gasteiger partial charge in [-0.05, 0) is 55.0 Å². The summed E-state index contributed by atoms with van der Waals surface area (Å²) >= 11 is 5.99. The summed E-state index contributed by atoms with van der Waals surface area (Å²) in [5.74, 6) is 0.0370. The van der Waals surface area contributed by atoms with Crippen molar-refractivity contribution in [3.05, 3.63) is 112 Å². The van der Waals surface area contributed by atoms with Crippen LogP contribution in [0.4, 0.5) is 0 Å². The Morgan fingerprint density at radius 3 is 2.67 bits per heavy atom. The molecule has 0 bridgehead atoms. The van der Waals surface area contributed by atoms with Gasteiger partial charge in [-0.25, -0.2) is 4.79 Å². The Morgan fingerprint density at radius 1 is 1.03 bits per heavy atom. The van der Waals surface area contributed by atoms with Crippen LogP contribution in [0, 0.1) is 6.92 Å². The van der Waals surface area contributed by atoms with E-state index in [0.717, 1.165) is 5.56 Å². The summed E-state index contributed by atoms with van der Waals surface area (Å²) in [7, 11) is 0. The van der Waals surface area contributed by atoms with Crippen LogP contribution in [0.3, 0.4) is 0 Å². The number of fused-ring (bicyclic) bond motifs is 2. The van der Waals surface area contributed by atoms with Crippen LogP contribution in [-0.4, -0.2) is 11.8 Å². The number of carbonyl (C=O) groups excluding carboxylic acids is 2. The number of allylic oxidation sites excluding steroid dienone is 3. The van der Waals surface area contributed by atoms with Crippen molar-refractivity contribution in [2.45, 2.75) is 6.92 Å². The maximum absolute atomic E-state index is 12.7. The van der Waals surface area contributed by atoms with Gasteiger partial charge in [0, 0.05) is 16.0 Å². The minimum atomic E-state index is -0.656. The van der Waals surface area contributed by atoms with Gasteiger partial charge in [-0.3, -0.25) is 4.79 Å². The van der Waals surface area contributed by atoms with Crippen LogP contribution < -0.4 is 9.47 Å². The number of carbonyl (C=O) groups is 2. The molecule has 0 N–H and O–H groups in total. The van der Waals surface area contributed by atoms with Crippen LogP contribution in [-0.2, 0) is 0 Å². The molecule has 0 fully saturated rings. The van der Waals surface area contributed by atoms with Crippen molar-refractivity contribution in [2.24, 2.45) is 0 Å². The van der Waals surface area contributed by atoms with E-state index in [1.165, 1.54) is 0 Å². The van der Waals surface area contributed by atoms with Gasteiger partial charge in [0.15, 0.2) is 5.76 Å². The first kappa shape index (κ1) is 20.8. The Balaban J connectivity index is 1.36. The molecule has 5 nitrogen and oxygen atoms in total. The van der Waals surface area contributed by atoms with Crippen molar-refractivity contribution in [2.75, 3.05) is 0 Å². The van der Waals surface area contributed by atoms with Crippen LogP contribution in [0.2, 0.25) is 5.02 Å². The molecule has 0 spiro atoms. The summed E-state index contributed by atoms with van der Waals surface area (Å²) in [5, 5.41) is 1.24. The first-order valence-corrected chi connectivity index (χ1v) is 10.6. The standard InChI is InChI=1S/C27H17ClO5/c1-16-21(33-27(30)24-15-18-14-19(28)10-12-22(18)31-24)13-11-20-25(29)23(32-26(16)20)9-5-8-17-6-3-2-4-7-17/h2-15H,1H3/b8-5+,23-9-. The normalized spacial score (nSPS) is 14.1. The third kappa shape index (κ3) is 4.06. The van der Waals surface area contributed by atoms with Crippen molar-refractivity contribution in [3.8, 4) is 11.5 Å². The van der Waals surface area contributed by atoms with Gasteiger partial charge in [0.1, 0.15) is 17.1 Å². The third-order valence-electron chi connectivity index (χ3n) is 5.25. The number of benzene rings is 3. The average molecular weight is 457 g/mol. The number of hydrogen-bond acceptors (Lipinski definition) is 5. The minimum absolute atomic E-state index is 0.0517. The van der Waals surface area contributed by atoms with Gasteiger partial charge in [-0.15, -0.1) is 0 Å². The monoisotopic (exact) mass is 456 g/mol. The van der Waals surface area contributed by atoms with Crippen molar-refractivity contribution >= 4 is 40.4 Å². The predicted octanol–water partition coefficient (Wildman–Crippen LogP) is 6.79. The van der Waals surface area contributed by atoms with Crippen LogP contribution >= 0.6 is 11.6 Å². The molecule has 162 valence electrons. The zero-order chi connectivity index (χ0) is 22.9. The summed E-state index contributed by atoms with van der Waals surface area (Å²) in [6.45, 7) is 1.73. The lowest BCUT2D eigenvalue weighted by Crippen LogP contribution is -2.08. The van der Waals surface area contributed by atoms with Crippen LogP contribution in [0.1, 0.15) is 32.0 Å². The molecule has 0 aliphatic carbocycles. The second kappa shape index (κ2) is 8.45. The van der Waals surface area contributed by atoms with Gasteiger partial charge < -0.3 is 13.9 Å². The zero-order valence-corrected chi connectivity index (χ0v) is 18.3. The van der Waals surface area contributed by atoms with Gasteiger partial charge in [-0.2, -0.15) is 0 Å². The molecule has 0 saturated heterocycles. The lowest BCUT2D eigenvalue weighted by molar-refractivity contribution is 0.0702. The molecule has 0 saturated carbocycles. The Bertz CT molecular complexity index is 1460. The molecular weight excluding hydrogens is 440 g/mol. The number of hydrogen-bond donors (Lipinski definition) is 0. The molecule has 4 aromatic rings. The van der Waals surface area contributed by atoms with Gasteiger partial charge in [0.05, 0.1) is 5.56 Å². The largest absolute Gasteiger partial charge is 0.452 e. The molecule has 0 amide bonds. The molecule has 1 aliphatic rings. The van der Waals surface area contributed by atoms with Gasteiger partial charge >= 0.3 is 5.97 Å². The van der Waals surface area contributed by atoms with E-state index in [1.807, 2.05) is 36.4 Å². The number of Topliss-reactive ketones (excluding diaryl/α,β-unsaturated/α-hetero) is 1. The first-order valence-electron chi connectivity index (χ1n) is 10.2. The Kier molecular flexibility index (Phi) is 5.32. The fourth-order valence-electron chi connectivity index (χ4n) is 3.57. The number of ketones is 1. The maximum Gasteiger partial charge on any atom is 0.379 e. The van der Waals surface area contributed by atoms with Gasteiger partial charge in [0.2, 0.25) is 11.5 Å². The highest BCUT2D eigenvalue weighted by atomic mass is 35.5. The highest BCUT2D eigenvalue weighted by molar-refractivity contribution is 6.31. The van der Waals surface area contributed by atoms with Crippen molar-refractivity contribution in [1.82, 2.24) is 0 Å². The molecular formula is C27H17ClO5. The quantitative estimate of drug-likeness (QED) is 0.192.